The van der Waals surface area contributed by atoms with Crippen LogP contribution in [0.25, 0.3) is 0 Å². The fraction of sp³-hybridized carbons (Fsp3) is 0.808. The van der Waals surface area contributed by atoms with E-state index in [9.17, 15) is 19.5 Å². The van der Waals surface area contributed by atoms with Crippen molar-refractivity contribution in [1.82, 2.24) is 0 Å². The summed E-state index contributed by atoms with van der Waals surface area (Å²) in [5.74, 6) is -3.82. The van der Waals surface area contributed by atoms with E-state index in [1.165, 1.54) is 77.0 Å². The molecule has 0 atom stereocenters. The summed E-state index contributed by atoms with van der Waals surface area (Å²) in [4.78, 5) is 33.3. The van der Waals surface area contributed by atoms with Gasteiger partial charge in [-0.3, -0.25) is 0 Å². The molecule has 33 heavy (non-hydrogen) atoms. The summed E-state index contributed by atoms with van der Waals surface area (Å²) in [5, 5.41) is 29.3. The number of carbonyl (C=O) groups is 3. The van der Waals surface area contributed by atoms with E-state index in [4.69, 9.17) is 10.2 Å². The number of carboxylic acid groups (broad SMARTS) is 3. The van der Waals surface area contributed by atoms with Gasteiger partial charge >= 0.3 is 11.9 Å². The molecule has 0 aromatic heterocycles. The largest absolute Gasteiger partial charge is 0.544 e. The molecular weight excluding hydrogens is 422 g/mol. The highest BCUT2D eigenvalue weighted by molar-refractivity contribution is 5.72. The van der Waals surface area contributed by atoms with Crippen LogP contribution in [0.5, 0.6) is 0 Å². The van der Waals surface area contributed by atoms with Crippen molar-refractivity contribution in [2.45, 2.75) is 110 Å². The molecular formula is C26H47NO6. The maximum absolute atomic E-state index is 11.1. The minimum Gasteiger partial charge on any atom is -0.544 e. The van der Waals surface area contributed by atoms with Gasteiger partial charge in [-0.25, -0.2) is 9.59 Å². The predicted octanol–water partition coefficient (Wildman–Crippen LogP) is 4.54. The Labute approximate surface area is 200 Å². The number of allylic oxidation sites excluding steroid dienone is 2. The van der Waals surface area contributed by atoms with E-state index in [0.29, 0.717) is 6.42 Å². The van der Waals surface area contributed by atoms with Gasteiger partial charge in [0.1, 0.15) is 6.54 Å². The van der Waals surface area contributed by atoms with Crippen LogP contribution in [0.2, 0.25) is 0 Å². The molecule has 7 heteroatoms. The summed E-state index contributed by atoms with van der Waals surface area (Å²) in [6.07, 6.45) is 23.4. The Morgan fingerprint density at radius 3 is 1.42 bits per heavy atom. The van der Waals surface area contributed by atoms with Crippen molar-refractivity contribution in [3.63, 3.8) is 0 Å². The smallest absolute Gasteiger partial charge is 0.359 e. The van der Waals surface area contributed by atoms with Gasteiger partial charge in [0.25, 0.3) is 0 Å². The first-order chi connectivity index (χ1) is 15.8. The predicted molar refractivity (Wildman–Crippen MR) is 129 cm³/mol. The number of carbonyl (C=O) groups excluding carboxylic acids is 1. The molecule has 0 unspecified atom stereocenters. The summed E-state index contributed by atoms with van der Waals surface area (Å²) < 4.78 is -0.499. The van der Waals surface area contributed by atoms with E-state index in [2.05, 4.69) is 19.1 Å². The monoisotopic (exact) mass is 469 g/mol. The maximum Gasteiger partial charge on any atom is 0.359 e. The zero-order chi connectivity index (χ0) is 24.8. The first-order valence-electron chi connectivity index (χ1n) is 12.9. The van der Waals surface area contributed by atoms with Crippen LogP contribution in [0.4, 0.5) is 0 Å². The molecule has 0 aliphatic heterocycles. The van der Waals surface area contributed by atoms with Gasteiger partial charge in [-0.2, -0.15) is 0 Å². The van der Waals surface area contributed by atoms with Gasteiger partial charge in [-0.15, -0.1) is 0 Å². The van der Waals surface area contributed by atoms with E-state index in [1.807, 2.05) is 0 Å². The Morgan fingerprint density at radius 1 is 0.636 bits per heavy atom. The first-order valence-corrected chi connectivity index (χ1v) is 12.9. The van der Waals surface area contributed by atoms with E-state index >= 15 is 0 Å². The molecule has 0 amide bonds. The second-order valence-electron chi connectivity index (χ2n) is 9.34. The number of aliphatic carboxylic acids is 3. The third kappa shape index (κ3) is 20.4. The zero-order valence-corrected chi connectivity index (χ0v) is 20.8. The number of nitrogens with zero attached hydrogens (tertiary/aromatic N) is 1. The van der Waals surface area contributed by atoms with Crippen LogP contribution in [0, 0.1) is 0 Å². The molecule has 0 aliphatic carbocycles. The summed E-state index contributed by atoms with van der Waals surface area (Å²) in [7, 11) is 0. The van der Waals surface area contributed by atoms with Crippen LogP contribution in [0.15, 0.2) is 12.2 Å². The standard InChI is InChI=1S/C26H47NO6/c1-2-3-4-5-6-7-8-9-10-11-12-13-14-15-16-17-18-19-20-27(21-24(28)29,22-25(30)31)23-26(32)33/h7-8H,2-6,9-23H2,1H3,(H2-,28,29,30,31,32,33)/b8-7+. The Balaban J connectivity index is 3.79. The second-order valence-corrected chi connectivity index (χ2v) is 9.34. The maximum atomic E-state index is 11.1. The molecule has 7 nitrogen and oxygen atoms in total. The minimum absolute atomic E-state index is 0.222. The lowest BCUT2D eigenvalue weighted by atomic mass is 10.0. The Hall–Kier alpha value is -1.89. The Kier molecular flexibility index (Phi) is 19.5. The van der Waals surface area contributed by atoms with Crippen molar-refractivity contribution in [3.8, 4) is 0 Å². The molecule has 0 radical (unpaired) electrons. The lowest BCUT2D eigenvalue weighted by molar-refractivity contribution is -0.909. The number of unbranched alkanes of at least 4 members (excludes halogenated alkanes) is 14. The normalized spacial score (nSPS) is 11.8. The molecule has 0 aromatic carbocycles. The fourth-order valence-corrected chi connectivity index (χ4v) is 4.30. The van der Waals surface area contributed by atoms with Gasteiger partial charge in [0.05, 0.1) is 12.5 Å². The molecule has 0 heterocycles. The highest BCUT2D eigenvalue weighted by Gasteiger charge is 2.33. The minimum atomic E-state index is -1.42. The van der Waals surface area contributed by atoms with E-state index in [0.717, 1.165) is 19.3 Å². The third-order valence-electron chi connectivity index (χ3n) is 6.05. The lowest BCUT2D eigenvalue weighted by Gasteiger charge is -2.36. The van der Waals surface area contributed by atoms with Crippen molar-refractivity contribution in [2.24, 2.45) is 0 Å². The Bertz CT molecular complexity index is 520. The van der Waals surface area contributed by atoms with Gasteiger partial charge in [0.15, 0.2) is 13.1 Å². The lowest BCUT2D eigenvalue weighted by Crippen LogP contribution is -2.59. The van der Waals surface area contributed by atoms with Gasteiger partial charge in [0, 0.05) is 0 Å². The zero-order valence-electron chi connectivity index (χ0n) is 20.8. The number of hydrogen-bond acceptors (Lipinski definition) is 4. The average Bonchev–Trinajstić information content (AvgIpc) is 2.71. The first kappa shape index (κ1) is 31.1. The quantitative estimate of drug-likeness (QED) is 0.122. The van der Waals surface area contributed by atoms with Gasteiger partial charge in [0.2, 0.25) is 0 Å². The van der Waals surface area contributed by atoms with Crippen molar-refractivity contribution in [1.29, 1.82) is 0 Å². The summed E-state index contributed by atoms with van der Waals surface area (Å²) in [5.41, 5.74) is 0. The van der Waals surface area contributed by atoms with Crippen LogP contribution < -0.4 is 5.11 Å². The van der Waals surface area contributed by atoms with Crippen molar-refractivity contribution in [3.05, 3.63) is 12.2 Å². The molecule has 0 bridgehead atoms. The van der Waals surface area contributed by atoms with Gasteiger partial charge in [-0.1, -0.05) is 83.3 Å². The van der Waals surface area contributed by atoms with Crippen LogP contribution in [0.3, 0.4) is 0 Å². The molecule has 0 aliphatic rings. The van der Waals surface area contributed by atoms with Crippen molar-refractivity contribution >= 4 is 17.9 Å². The average molecular weight is 470 g/mol. The third-order valence-corrected chi connectivity index (χ3v) is 6.05. The van der Waals surface area contributed by atoms with Crippen molar-refractivity contribution in [2.75, 3.05) is 26.2 Å². The molecule has 2 N–H and O–H groups in total. The van der Waals surface area contributed by atoms with E-state index < -0.39 is 42.0 Å². The highest BCUT2D eigenvalue weighted by atomic mass is 16.4. The van der Waals surface area contributed by atoms with Crippen LogP contribution in [0.1, 0.15) is 110 Å². The number of carboxylic acids is 3. The summed E-state index contributed by atoms with van der Waals surface area (Å²) >= 11 is 0. The topological polar surface area (TPSA) is 115 Å². The molecule has 0 rings (SSSR count). The van der Waals surface area contributed by atoms with E-state index in [-0.39, 0.29) is 6.54 Å². The van der Waals surface area contributed by atoms with E-state index in [1.54, 1.807) is 0 Å². The van der Waals surface area contributed by atoms with Gasteiger partial charge < -0.3 is 24.6 Å². The SMILES string of the molecule is CCCCCC/C=C/CCCCCCCCCCCC[N+](CC(=O)[O-])(CC(=O)O)CC(=O)O. The molecule has 0 saturated carbocycles. The Morgan fingerprint density at radius 2 is 1.03 bits per heavy atom. The van der Waals surface area contributed by atoms with Gasteiger partial charge in [-0.05, 0) is 38.5 Å². The summed E-state index contributed by atoms with van der Waals surface area (Å²) in [6, 6.07) is 0. The molecule has 0 spiro atoms. The molecule has 192 valence electrons. The number of quaternary nitrogens is 1. The fourth-order valence-electron chi connectivity index (χ4n) is 4.30. The molecule has 0 saturated heterocycles. The molecule has 0 fully saturated rings. The van der Waals surface area contributed by atoms with Crippen molar-refractivity contribution < 1.29 is 34.2 Å². The number of rotatable bonds is 24. The van der Waals surface area contributed by atoms with Crippen LogP contribution in [-0.4, -0.2) is 58.8 Å². The highest BCUT2D eigenvalue weighted by Crippen LogP contribution is 2.14. The van der Waals surface area contributed by atoms with Crippen LogP contribution in [-0.2, 0) is 14.4 Å². The second kappa shape index (κ2) is 20.7. The van der Waals surface area contributed by atoms with Crippen LogP contribution >= 0.6 is 0 Å². The summed E-state index contributed by atoms with van der Waals surface area (Å²) in [6.45, 7) is 0.832. The number of hydrogen-bond donors (Lipinski definition) is 2. The molecule has 0 aromatic rings.